The van der Waals surface area contributed by atoms with E-state index in [0.29, 0.717) is 10.6 Å². The smallest absolute Gasteiger partial charge is 0.412 e. The minimum atomic E-state index is -1.68. The predicted octanol–water partition coefficient (Wildman–Crippen LogP) is 1.66. The average molecular weight is 317 g/mol. The van der Waals surface area contributed by atoms with Gasteiger partial charge in [-0.05, 0) is 37.8 Å². The van der Waals surface area contributed by atoms with Gasteiger partial charge < -0.3 is 19.7 Å². The van der Waals surface area contributed by atoms with Gasteiger partial charge in [-0.2, -0.15) is 0 Å². The lowest BCUT2D eigenvalue weighted by Crippen LogP contribution is -2.28. The Morgan fingerprint density at radius 2 is 1.95 bits per heavy atom. The summed E-state index contributed by atoms with van der Waals surface area (Å²) in [7, 11) is 1.11. The molecule has 1 aromatic rings. The fraction of sp³-hybridized carbons (Fsp3) is 0.538. The highest BCUT2D eigenvalue weighted by Crippen LogP contribution is 2.27. The Kier molecular flexibility index (Phi) is 5.70. The van der Waals surface area contributed by atoms with Gasteiger partial charge in [0.05, 0.1) is 12.1 Å². The molecule has 2 unspecified atom stereocenters. The number of carbonyl (C=O) groups is 2. The summed E-state index contributed by atoms with van der Waals surface area (Å²) in [5.41, 5.74) is -0.325. The van der Waals surface area contributed by atoms with Crippen LogP contribution in [0, 0.1) is 0 Å². The number of thiophene rings is 1. The van der Waals surface area contributed by atoms with Crippen LogP contribution >= 0.6 is 11.3 Å². The minimum Gasteiger partial charge on any atom is -0.467 e. The van der Waals surface area contributed by atoms with E-state index in [4.69, 9.17) is 4.74 Å². The maximum atomic E-state index is 11.6. The van der Waals surface area contributed by atoms with Gasteiger partial charge in [0.1, 0.15) is 11.7 Å². The van der Waals surface area contributed by atoms with Crippen LogP contribution < -0.4 is 5.32 Å². The Balaban J connectivity index is 2.69. The van der Waals surface area contributed by atoms with Crippen LogP contribution in [0.1, 0.15) is 32.4 Å². The molecule has 118 valence electrons. The van der Waals surface area contributed by atoms with Crippen molar-refractivity contribution >= 4 is 28.4 Å². The molecule has 0 aliphatic carbocycles. The topological polar surface area (TPSA) is 105 Å². The van der Waals surface area contributed by atoms with Crippen molar-refractivity contribution in [3.63, 3.8) is 0 Å². The molecule has 0 fully saturated rings. The van der Waals surface area contributed by atoms with Gasteiger partial charge in [-0.25, -0.2) is 9.59 Å². The number of hydrogen-bond donors (Lipinski definition) is 3. The quantitative estimate of drug-likeness (QED) is 0.729. The summed E-state index contributed by atoms with van der Waals surface area (Å²) >= 11 is 1.13. The lowest BCUT2D eigenvalue weighted by Gasteiger charge is -2.19. The highest BCUT2D eigenvalue weighted by molar-refractivity contribution is 7.14. The van der Waals surface area contributed by atoms with Gasteiger partial charge in [-0.15, -0.1) is 11.3 Å². The molecule has 2 atom stereocenters. The van der Waals surface area contributed by atoms with Crippen LogP contribution in [0.25, 0.3) is 0 Å². The third kappa shape index (κ3) is 5.33. The van der Waals surface area contributed by atoms with E-state index in [-0.39, 0.29) is 0 Å². The largest absolute Gasteiger partial charge is 0.467 e. The number of amides is 1. The molecule has 8 heteroatoms. The summed E-state index contributed by atoms with van der Waals surface area (Å²) in [5, 5.41) is 23.8. The van der Waals surface area contributed by atoms with Crippen molar-refractivity contribution in [3.8, 4) is 0 Å². The van der Waals surface area contributed by atoms with Gasteiger partial charge in [0.2, 0.25) is 0 Å². The zero-order valence-electron chi connectivity index (χ0n) is 12.2. The summed E-state index contributed by atoms with van der Waals surface area (Å²) in [5.74, 6) is -0.935. The molecule has 0 saturated carbocycles. The normalized spacial score (nSPS) is 14.2. The van der Waals surface area contributed by atoms with Crippen LogP contribution in [-0.4, -0.2) is 41.1 Å². The van der Waals surface area contributed by atoms with E-state index in [2.05, 4.69) is 10.1 Å². The standard InChI is InChI=1S/C13H19NO6S/c1-13(2,3)20-12(18)14-8-5-7(6-21-8)9(15)10(16)11(17)19-4/h5-6,9-10,15-16H,1-4H3,(H,14,18). The zero-order valence-corrected chi connectivity index (χ0v) is 13.1. The molecule has 1 amide bonds. The number of ether oxygens (including phenoxy) is 2. The lowest BCUT2D eigenvalue weighted by molar-refractivity contribution is -0.156. The summed E-state index contributed by atoms with van der Waals surface area (Å²) in [6, 6.07) is 1.45. The fourth-order valence-electron chi connectivity index (χ4n) is 1.41. The molecule has 21 heavy (non-hydrogen) atoms. The molecule has 0 saturated heterocycles. The van der Waals surface area contributed by atoms with Gasteiger partial charge in [0.15, 0.2) is 6.10 Å². The first kappa shape index (κ1) is 17.4. The molecule has 7 nitrogen and oxygen atoms in total. The second kappa shape index (κ2) is 6.88. The van der Waals surface area contributed by atoms with Crippen molar-refractivity contribution in [1.29, 1.82) is 0 Å². The summed E-state index contributed by atoms with van der Waals surface area (Å²) in [6.45, 7) is 5.22. The Morgan fingerprint density at radius 3 is 2.48 bits per heavy atom. The first-order chi connectivity index (χ1) is 9.64. The highest BCUT2D eigenvalue weighted by atomic mass is 32.1. The second-order valence-corrected chi connectivity index (χ2v) is 6.20. The summed E-state index contributed by atoms with van der Waals surface area (Å²) in [6.07, 6.45) is -3.74. The Hall–Kier alpha value is -1.64. The van der Waals surface area contributed by atoms with Crippen molar-refractivity contribution in [2.45, 2.75) is 38.6 Å². The van der Waals surface area contributed by atoms with Crippen molar-refractivity contribution < 1.29 is 29.3 Å². The van der Waals surface area contributed by atoms with E-state index in [1.807, 2.05) is 0 Å². The number of nitrogens with one attached hydrogen (secondary N) is 1. The molecule has 0 bridgehead atoms. The Labute approximate surface area is 126 Å². The number of esters is 1. The van der Waals surface area contributed by atoms with Gasteiger partial charge in [-0.3, -0.25) is 5.32 Å². The lowest BCUT2D eigenvalue weighted by atomic mass is 10.1. The van der Waals surface area contributed by atoms with Crippen molar-refractivity contribution in [3.05, 3.63) is 17.0 Å². The van der Waals surface area contributed by atoms with Crippen LogP contribution in [0.5, 0.6) is 0 Å². The van der Waals surface area contributed by atoms with E-state index < -0.39 is 29.9 Å². The molecule has 0 spiro atoms. The maximum absolute atomic E-state index is 11.6. The third-order valence-corrected chi connectivity index (χ3v) is 3.19. The zero-order chi connectivity index (χ0) is 16.2. The maximum Gasteiger partial charge on any atom is 0.412 e. The molecular weight excluding hydrogens is 298 g/mol. The molecule has 0 aromatic carbocycles. The van der Waals surface area contributed by atoms with Crippen LogP contribution in [0.4, 0.5) is 9.80 Å². The second-order valence-electron chi connectivity index (χ2n) is 5.28. The van der Waals surface area contributed by atoms with Gasteiger partial charge in [0.25, 0.3) is 0 Å². The third-order valence-electron chi connectivity index (χ3n) is 2.33. The molecule has 1 heterocycles. The van der Waals surface area contributed by atoms with Crippen LogP contribution in [0.15, 0.2) is 11.4 Å². The highest BCUT2D eigenvalue weighted by Gasteiger charge is 2.27. The first-order valence-corrected chi connectivity index (χ1v) is 7.04. The number of anilines is 1. The van der Waals surface area contributed by atoms with Crippen LogP contribution in [0.2, 0.25) is 0 Å². The summed E-state index contributed by atoms with van der Waals surface area (Å²) < 4.78 is 9.43. The number of carbonyl (C=O) groups excluding carboxylic acids is 2. The van der Waals surface area contributed by atoms with Gasteiger partial charge >= 0.3 is 12.1 Å². The summed E-state index contributed by atoms with van der Waals surface area (Å²) in [4.78, 5) is 22.7. The number of aliphatic hydroxyl groups excluding tert-OH is 2. The first-order valence-electron chi connectivity index (χ1n) is 6.16. The number of hydrogen-bond acceptors (Lipinski definition) is 7. The van der Waals surface area contributed by atoms with E-state index in [1.54, 1.807) is 20.8 Å². The van der Waals surface area contributed by atoms with Gasteiger partial charge in [0, 0.05) is 0 Å². The van der Waals surface area contributed by atoms with Crippen molar-refractivity contribution in [2.75, 3.05) is 12.4 Å². The SMILES string of the molecule is COC(=O)C(O)C(O)c1csc(NC(=O)OC(C)(C)C)c1. The molecule has 1 rings (SSSR count). The minimum absolute atomic E-state index is 0.295. The van der Waals surface area contributed by atoms with Crippen molar-refractivity contribution in [2.24, 2.45) is 0 Å². The predicted molar refractivity (Wildman–Crippen MR) is 77.2 cm³/mol. The molecule has 0 aliphatic rings. The van der Waals surface area contributed by atoms with E-state index in [9.17, 15) is 19.8 Å². The molecule has 3 N–H and O–H groups in total. The molecular formula is C13H19NO6S. The van der Waals surface area contributed by atoms with E-state index >= 15 is 0 Å². The monoisotopic (exact) mass is 317 g/mol. The molecule has 0 radical (unpaired) electrons. The van der Waals surface area contributed by atoms with E-state index in [0.717, 1.165) is 18.4 Å². The van der Waals surface area contributed by atoms with Crippen LogP contribution in [0.3, 0.4) is 0 Å². The van der Waals surface area contributed by atoms with Gasteiger partial charge in [-0.1, -0.05) is 0 Å². The number of aliphatic hydroxyl groups is 2. The Morgan fingerprint density at radius 1 is 1.33 bits per heavy atom. The van der Waals surface area contributed by atoms with E-state index in [1.165, 1.54) is 11.4 Å². The average Bonchev–Trinajstić information content (AvgIpc) is 2.81. The van der Waals surface area contributed by atoms with Crippen LogP contribution in [-0.2, 0) is 14.3 Å². The number of methoxy groups -OCH3 is 1. The molecule has 1 aromatic heterocycles. The Bertz CT molecular complexity index is 507. The molecule has 0 aliphatic heterocycles. The number of rotatable bonds is 4. The van der Waals surface area contributed by atoms with Crippen molar-refractivity contribution in [1.82, 2.24) is 0 Å². The fourth-order valence-corrected chi connectivity index (χ4v) is 2.22.